The summed E-state index contributed by atoms with van der Waals surface area (Å²) in [5, 5.41) is 8.56. The zero-order valence-electron chi connectivity index (χ0n) is 16.4. The number of ketones is 1. The molecule has 7 nitrogen and oxygen atoms in total. The maximum absolute atomic E-state index is 14.5. The Morgan fingerprint density at radius 1 is 1.20 bits per heavy atom. The van der Waals surface area contributed by atoms with Gasteiger partial charge in [0, 0.05) is 37.3 Å². The summed E-state index contributed by atoms with van der Waals surface area (Å²) in [4.78, 5) is 18.4. The predicted octanol–water partition coefficient (Wildman–Crippen LogP) is 3.81. The number of hydrogen-bond donors (Lipinski definition) is 0. The molecule has 3 aromatic rings. The number of aromatic nitrogens is 5. The number of carbonyl (C=O) groups is 1. The molecule has 0 bridgehead atoms. The van der Waals surface area contributed by atoms with Crippen molar-refractivity contribution in [3.8, 4) is 5.69 Å². The minimum absolute atomic E-state index is 0.0740. The van der Waals surface area contributed by atoms with Crippen LogP contribution in [0, 0.1) is 5.92 Å². The highest BCUT2D eigenvalue weighted by atomic mass is 19.1. The average molecular weight is 410 g/mol. The third kappa shape index (κ3) is 3.10. The lowest BCUT2D eigenvalue weighted by molar-refractivity contribution is 0.101. The first kappa shape index (κ1) is 18.7. The van der Waals surface area contributed by atoms with Crippen LogP contribution in [-0.2, 0) is 0 Å². The summed E-state index contributed by atoms with van der Waals surface area (Å²) in [5.41, 5.74) is 1.71. The summed E-state index contributed by atoms with van der Waals surface area (Å²) < 4.78 is 31.5. The van der Waals surface area contributed by atoms with Crippen LogP contribution in [0.1, 0.15) is 36.5 Å². The molecule has 1 aliphatic carbocycles. The van der Waals surface area contributed by atoms with Gasteiger partial charge in [0.15, 0.2) is 11.4 Å². The Labute approximate surface area is 171 Å². The number of halogens is 2. The Bertz CT molecular complexity index is 1190. The van der Waals surface area contributed by atoms with Crippen LogP contribution >= 0.6 is 0 Å². The van der Waals surface area contributed by atoms with Gasteiger partial charge < -0.3 is 4.90 Å². The summed E-state index contributed by atoms with van der Waals surface area (Å²) in [7, 11) is 0. The number of nitrogens with zero attached hydrogens (tertiary/aromatic N) is 6. The molecule has 0 saturated carbocycles. The molecule has 1 unspecified atom stereocenters. The molecule has 154 valence electrons. The average Bonchev–Trinajstić information content (AvgIpc) is 3.47. The molecule has 1 saturated heterocycles. The normalized spacial score (nSPS) is 21.8. The van der Waals surface area contributed by atoms with Crippen LogP contribution in [0.4, 0.5) is 14.6 Å². The third-order valence-corrected chi connectivity index (χ3v) is 5.82. The van der Waals surface area contributed by atoms with Crippen LogP contribution in [0.25, 0.3) is 11.3 Å². The van der Waals surface area contributed by atoms with E-state index in [2.05, 4.69) is 15.1 Å². The Balaban J connectivity index is 1.51. The smallest absolute Gasteiger partial charge is 0.183 e. The number of anilines is 1. The molecular weight excluding hydrogens is 390 g/mol. The van der Waals surface area contributed by atoms with Crippen molar-refractivity contribution in [3.63, 3.8) is 0 Å². The number of allylic oxidation sites excluding steroid dienone is 3. The molecule has 5 rings (SSSR count). The number of carbonyl (C=O) groups excluding carboxylic acids is 1. The summed E-state index contributed by atoms with van der Waals surface area (Å²) in [6.45, 7) is 2.21. The molecule has 0 N–H and O–H groups in total. The van der Waals surface area contributed by atoms with E-state index in [1.54, 1.807) is 27.8 Å². The number of fused-ring (bicyclic) bond motifs is 1. The van der Waals surface area contributed by atoms with Crippen molar-refractivity contribution >= 4 is 17.2 Å². The molecular formula is C21H20F2N6O. The first-order valence-electron chi connectivity index (χ1n) is 9.90. The van der Waals surface area contributed by atoms with Crippen molar-refractivity contribution < 1.29 is 13.6 Å². The predicted molar refractivity (Wildman–Crippen MR) is 107 cm³/mol. The maximum Gasteiger partial charge on any atom is 0.183 e. The molecule has 0 amide bonds. The van der Waals surface area contributed by atoms with Crippen molar-refractivity contribution in [1.82, 2.24) is 24.4 Å². The van der Waals surface area contributed by atoms with E-state index in [1.807, 2.05) is 6.07 Å². The van der Waals surface area contributed by atoms with E-state index in [9.17, 15) is 13.6 Å². The van der Waals surface area contributed by atoms with E-state index in [-0.39, 0.29) is 29.9 Å². The van der Waals surface area contributed by atoms with E-state index in [4.69, 9.17) is 4.98 Å². The minimum Gasteiger partial charge on any atom is -0.353 e. The van der Waals surface area contributed by atoms with Gasteiger partial charge in [0.2, 0.25) is 0 Å². The Hall–Kier alpha value is -3.36. The standard InChI is InChI=1S/C21H20F2N6O/c1-13(30)14-10-24-29(12-14)19-11-25-28-8-6-20(26-21(19)28)27-7-2-3-18(27)16-9-15(22)4-5-17(16)23/h4-6,8,10-12,16,18H,2-3,7,9H2,1H3/t16?,18-/m0/s1. The second-order valence-corrected chi connectivity index (χ2v) is 7.69. The lowest BCUT2D eigenvalue weighted by Crippen LogP contribution is -2.37. The SMILES string of the molecule is CC(=O)c1cnn(-c2cnn3ccc(N4CCC[C@H]4C4CC(F)=CC=C4F)nc23)c1. The van der Waals surface area contributed by atoms with Gasteiger partial charge in [-0.3, -0.25) is 4.79 Å². The molecule has 0 aromatic carbocycles. The summed E-state index contributed by atoms with van der Waals surface area (Å²) in [6.07, 6.45) is 10.7. The fourth-order valence-electron chi connectivity index (χ4n) is 4.29. The molecule has 2 aliphatic rings. The zero-order chi connectivity index (χ0) is 20.8. The second-order valence-electron chi connectivity index (χ2n) is 7.69. The van der Waals surface area contributed by atoms with Gasteiger partial charge in [-0.05, 0) is 38.0 Å². The molecule has 0 radical (unpaired) electrons. The van der Waals surface area contributed by atoms with Gasteiger partial charge in [-0.2, -0.15) is 10.2 Å². The summed E-state index contributed by atoms with van der Waals surface area (Å²) >= 11 is 0. The molecule has 3 aromatic heterocycles. The minimum atomic E-state index is -0.510. The molecule has 4 heterocycles. The Morgan fingerprint density at radius 2 is 2.07 bits per heavy atom. The lowest BCUT2D eigenvalue weighted by Gasteiger charge is -2.32. The van der Waals surface area contributed by atoms with Crippen molar-refractivity contribution in [2.24, 2.45) is 5.92 Å². The van der Waals surface area contributed by atoms with Crippen molar-refractivity contribution in [2.45, 2.75) is 32.2 Å². The molecule has 0 spiro atoms. The van der Waals surface area contributed by atoms with Gasteiger partial charge in [0.05, 0.1) is 18.0 Å². The molecule has 2 atom stereocenters. The number of rotatable bonds is 4. The topological polar surface area (TPSA) is 68.3 Å². The van der Waals surface area contributed by atoms with Crippen LogP contribution in [0.15, 0.2) is 54.7 Å². The zero-order valence-corrected chi connectivity index (χ0v) is 16.4. The van der Waals surface area contributed by atoms with Crippen molar-refractivity contribution in [1.29, 1.82) is 0 Å². The van der Waals surface area contributed by atoms with Crippen LogP contribution in [0.2, 0.25) is 0 Å². The van der Waals surface area contributed by atoms with Crippen LogP contribution < -0.4 is 4.90 Å². The van der Waals surface area contributed by atoms with E-state index >= 15 is 0 Å². The van der Waals surface area contributed by atoms with Gasteiger partial charge in [0.25, 0.3) is 0 Å². The largest absolute Gasteiger partial charge is 0.353 e. The molecule has 9 heteroatoms. The highest BCUT2D eigenvalue weighted by molar-refractivity contribution is 5.93. The summed E-state index contributed by atoms with van der Waals surface area (Å²) in [6, 6.07) is 1.68. The van der Waals surface area contributed by atoms with E-state index in [1.165, 1.54) is 25.3 Å². The van der Waals surface area contributed by atoms with Crippen LogP contribution in [0.3, 0.4) is 0 Å². The maximum atomic E-state index is 14.5. The monoisotopic (exact) mass is 410 g/mol. The molecule has 1 aliphatic heterocycles. The van der Waals surface area contributed by atoms with Crippen molar-refractivity contribution in [3.05, 3.63) is 60.2 Å². The molecule has 1 fully saturated rings. The van der Waals surface area contributed by atoms with Gasteiger partial charge in [0.1, 0.15) is 23.2 Å². The van der Waals surface area contributed by atoms with E-state index in [0.29, 0.717) is 22.7 Å². The van der Waals surface area contributed by atoms with E-state index in [0.717, 1.165) is 19.4 Å². The number of Topliss-reactive ketones (excluding diaryl/α,β-unsaturated/α-hetero) is 1. The third-order valence-electron chi connectivity index (χ3n) is 5.82. The first-order chi connectivity index (χ1) is 14.5. The highest BCUT2D eigenvalue weighted by Crippen LogP contribution is 2.38. The van der Waals surface area contributed by atoms with Gasteiger partial charge in [-0.25, -0.2) is 23.0 Å². The van der Waals surface area contributed by atoms with Crippen molar-refractivity contribution in [2.75, 3.05) is 11.4 Å². The van der Waals surface area contributed by atoms with E-state index < -0.39 is 5.92 Å². The first-order valence-corrected chi connectivity index (χ1v) is 9.90. The lowest BCUT2D eigenvalue weighted by atomic mass is 9.89. The Kier molecular flexibility index (Phi) is 4.45. The van der Waals surface area contributed by atoms with Gasteiger partial charge in [-0.1, -0.05) is 0 Å². The van der Waals surface area contributed by atoms with Crippen LogP contribution in [-0.4, -0.2) is 42.7 Å². The Morgan fingerprint density at radius 3 is 2.87 bits per heavy atom. The van der Waals surface area contributed by atoms with Gasteiger partial charge >= 0.3 is 0 Å². The fraction of sp³-hybridized carbons (Fsp3) is 0.333. The van der Waals surface area contributed by atoms with Crippen LogP contribution in [0.5, 0.6) is 0 Å². The molecule has 30 heavy (non-hydrogen) atoms. The quantitative estimate of drug-likeness (QED) is 0.612. The second kappa shape index (κ2) is 7.16. The summed E-state index contributed by atoms with van der Waals surface area (Å²) in [5.74, 6) is -0.477. The highest BCUT2D eigenvalue weighted by Gasteiger charge is 2.36. The fourth-order valence-corrected chi connectivity index (χ4v) is 4.29. The van der Waals surface area contributed by atoms with Gasteiger partial charge in [-0.15, -0.1) is 0 Å². The number of hydrogen-bond acceptors (Lipinski definition) is 5.